The minimum atomic E-state index is 0.860. The number of likely N-dealkylation sites (N-methyl/N-ethyl adjacent to an activating group) is 1. The number of benzene rings is 1. The van der Waals surface area contributed by atoms with Crippen LogP contribution in [0.15, 0.2) is 18.2 Å². The van der Waals surface area contributed by atoms with Crippen LogP contribution in [0.25, 0.3) is 0 Å². The fraction of sp³-hybridized carbons (Fsp3) is 0.600. The van der Waals surface area contributed by atoms with Gasteiger partial charge in [0, 0.05) is 13.1 Å². The third kappa shape index (κ3) is 2.53. The Bertz CT molecular complexity index is 394. The lowest BCUT2D eigenvalue weighted by Crippen LogP contribution is -2.26. The van der Waals surface area contributed by atoms with Crippen LogP contribution in [0, 0.1) is 5.92 Å². The van der Waals surface area contributed by atoms with Crippen molar-refractivity contribution >= 4 is 0 Å². The maximum absolute atomic E-state index is 3.45. The second-order valence-corrected chi connectivity index (χ2v) is 5.65. The highest BCUT2D eigenvalue weighted by atomic mass is 15.1. The molecule has 92 valence electrons. The zero-order valence-corrected chi connectivity index (χ0v) is 10.7. The third-order valence-corrected chi connectivity index (χ3v) is 4.16. The van der Waals surface area contributed by atoms with E-state index < -0.39 is 0 Å². The second kappa shape index (κ2) is 4.79. The van der Waals surface area contributed by atoms with E-state index in [9.17, 15) is 0 Å². The van der Waals surface area contributed by atoms with Gasteiger partial charge in [0.25, 0.3) is 0 Å². The topological polar surface area (TPSA) is 15.3 Å². The average Bonchev–Trinajstić information content (AvgIpc) is 2.82. The number of hydrogen-bond acceptors (Lipinski definition) is 2. The molecule has 3 rings (SSSR count). The van der Waals surface area contributed by atoms with Crippen LogP contribution in [-0.4, -0.2) is 31.6 Å². The zero-order chi connectivity index (χ0) is 11.7. The molecule has 1 N–H and O–H groups in total. The van der Waals surface area contributed by atoms with Crippen molar-refractivity contribution in [3.63, 3.8) is 0 Å². The summed E-state index contributed by atoms with van der Waals surface area (Å²) in [7, 11) is 2.21. The lowest BCUT2D eigenvalue weighted by molar-refractivity contribution is 0.313. The molecule has 0 bridgehead atoms. The van der Waals surface area contributed by atoms with Crippen LogP contribution in [0.5, 0.6) is 0 Å². The molecule has 0 aromatic heterocycles. The summed E-state index contributed by atoms with van der Waals surface area (Å²) in [5.41, 5.74) is 4.67. The first-order valence-corrected chi connectivity index (χ1v) is 6.81. The van der Waals surface area contributed by atoms with Gasteiger partial charge in [0.1, 0.15) is 0 Å². The zero-order valence-electron chi connectivity index (χ0n) is 10.7. The Morgan fingerprint density at radius 2 is 2.29 bits per heavy atom. The van der Waals surface area contributed by atoms with E-state index in [1.54, 1.807) is 11.1 Å². The summed E-state index contributed by atoms with van der Waals surface area (Å²) in [5, 5.41) is 3.45. The van der Waals surface area contributed by atoms with E-state index in [4.69, 9.17) is 0 Å². The number of nitrogens with one attached hydrogen (secondary N) is 1. The van der Waals surface area contributed by atoms with Gasteiger partial charge >= 0.3 is 0 Å². The number of hydrogen-bond donors (Lipinski definition) is 1. The summed E-state index contributed by atoms with van der Waals surface area (Å²) < 4.78 is 0. The van der Waals surface area contributed by atoms with Crippen molar-refractivity contribution in [3.8, 4) is 0 Å². The minimum absolute atomic E-state index is 0.860. The van der Waals surface area contributed by atoms with Gasteiger partial charge in [-0.05, 0) is 62.0 Å². The van der Waals surface area contributed by atoms with Gasteiger partial charge in [0.15, 0.2) is 0 Å². The minimum Gasteiger partial charge on any atom is -0.316 e. The van der Waals surface area contributed by atoms with Crippen molar-refractivity contribution in [1.82, 2.24) is 10.2 Å². The van der Waals surface area contributed by atoms with Crippen LogP contribution in [0.3, 0.4) is 0 Å². The normalized spacial score (nSPS) is 24.9. The molecule has 1 fully saturated rings. The van der Waals surface area contributed by atoms with Gasteiger partial charge in [-0.1, -0.05) is 18.2 Å². The Hall–Kier alpha value is -0.860. The van der Waals surface area contributed by atoms with Crippen LogP contribution in [-0.2, 0) is 19.4 Å². The summed E-state index contributed by atoms with van der Waals surface area (Å²) in [6.45, 7) is 4.75. The largest absolute Gasteiger partial charge is 0.316 e. The van der Waals surface area contributed by atoms with Gasteiger partial charge in [-0.15, -0.1) is 0 Å². The van der Waals surface area contributed by atoms with Gasteiger partial charge < -0.3 is 10.2 Å². The fourth-order valence-corrected chi connectivity index (χ4v) is 3.10. The maximum atomic E-state index is 3.45. The molecule has 17 heavy (non-hydrogen) atoms. The van der Waals surface area contributed by atoms with Crippen molar-refractivity contribution < 1.29 is 0 Å². The summed E-state index contributed by atoms with van der Waals surface area (Å²) in [5.74, 6) is 0.860. The molecular weight excluding hydrogens is 208 g/mol. The van der Waals surface area contributed by atoms with E-state index >= 15 is 0 Å². The highest BCUT2D eigenvalue weighted by Gasteiger charge is 2.17. The molecular formula is C15H22N2. The predicted octanol–water partition coefficient (Wildman–Crippen LogP) is 1.83. The molecule has 1 unspecified atom stereocenters. The van der Waals surface area contributed by atoms with Crippen LogP contribution >= 0.6 is 0 Å². The third-order valence-electron chi connectivity index (χ3n) is 4.16. The smallest absolute Gasteiger partial charge is 0.0233 e. The van der Waals surface area contributed by atoms with E-state index in [1.165, 1.54) is 44.5 Å². The van der Waals surface area contributed by atoms with E-state index in [-0.39, 0.29) is 0 Å². The molecule has 2 heterocycles. The standard InChI is InChI=1S/C15H22N2/c1-17-7-5-14-9-12(2-3-15(14)11-17)8-13-4-6-16-10-13/h2-3,9,13,16H,4-8,10-11H2,1H3. The number of fused-ring (bicyclic) bond motifs is 1. The molecule has 0 saturated carbocycles. The molecule has 1 atom stereocenters. The Morgan fingerprint density at radius 3 is 3.12 bits per heavy atom. The Labute approximate surface area is 104 Å². The molecule has 0 amide bonds. The Kier molecular flexibility index (Phi) is 3.17. The molecule has 2 aliphatic heterocycles. The summed E-state index contributed by atoms with van der Waals surface area (Å²) in [6, 6.07) is 7.15. The van der Waals surface area contributed by atoms with Crippen LogP contribution < -0.4 is 5.32 Å². The van der Waals surface area contributed by atoms with Crippen molar-refractivity contribution in [2.24, 2.45) is 5.92 Å². The average molecular weight is 230 g/mol. The quantitative estimate of drug-likeness (QED) is 0.834. The summed E-state index contributed by atoms with van der Waals surface area (Å²) in [6.07, 6.45) is 3.83. The van der Waals surface area contributed by atoms with Crippen molar-refractivity contribution in [1.29, 1.82) is 0 Å². The second-order valence-electron chi connectivity index (χ2n) is 5.65. The SMILES string of the molecule is CN1CCc2cc(CC3CCNC3)ccc2C1. The van der Waals surface area contributed by atoms with Gasteiger partial charge in [0.2, 0.25) is 0 Å². The molecule has 0 spiro atoms. The van der Waals surface area contributed by atoms with Gasteiger partial charge in [-0.25, -0.2) is 0 Å². The number of nitrogens with zero attached hydrogens (tertiary/aromatic N) is 1. The predicted molar refractivity (Wildman–Crippen MR) is 71.2 cm³/mol. The van der Waals surface area contributed by atoms with E-state index in [0.717, 1.165) is 12.5 Å². The first kappa shape index (κ1) is 11.2. The van der Waals surface area contributed by atoms with Gasteiger partial charge in [0.05, 0.1) is 0 Å². The molecule has 0 aliphatic carbocycles. The molecule has 2 nitrogen and oxygen atoms in total. The van der Waals surface area contributed by atoms with Crippen molar-refractivity contribution in [2.75, 3.05) is 26.7 Å². The first-order valence-electron chi connectivity index (χ1n) is 6.81. The summed E-state index contributed by atoms with van der Waals surface area (Å²) >= 11 is 0. The van der Waals surface area contributed by atoms with E-state index in [0.29, 0.717) is 0 Å². The molecule has 1 aromatic rings. The lowest BCUT2D eigenvalue weighted by Gasteiger charge is -2.25. The molecule has 2 aliphatic rings. The molecule has 1 saturated heterocycles. The molecule has 0 radical (unpaired) electrons. The number of rotatable bonds is 2. The first-order chi connectivity index (χ1) is 8.31. The Balaban J connectivity index is 1.74. The van der Waals surface area contributed by atoms with Crippen LogP contribution in [0.1, 0.15) is 23.1 Å². The highest BCUT2D eigenvalue weighted by molar-refractivity contribution is 5.34. The van der Waals surface area contributed by atoms with Crippen LogP contribution in [0.4, 0.5) is 0 Å². The monoisotopic (exact) mass is 230 g/mol. The Morgan fingerprint density at radius 1 is 1.35 bits per heavy atom. The van der Waals surface area contributed by atoms with Crippen molar-refractivity contribution in [3.05, 3.63) is 34.9 Å². The van der Waals surface area contributed by atoms with Gasteiger partial charge in [-0.2, -0.15) is 0 Å². The molecule has 1 aromatic carbocycles. The fourth-order valence-electron chi connectivity index (χ4n) is 3.10. The molecule has 2 heteroatoms. The van der Waals surface area contributed by atoms with E-state index in [2.05, 4.69) is 35.5 Å². The maximum Gasteiger partial charge on any atom is 0.0233 e. The van der Waals surface area contributed by atoms with Gasteiger partial charge in [-0.3, -0.25) is 0 Å². The van der Waals surface area contributed by atoms with Crippen LogP contribution in [0.2, 0.25) is 0 Å². The highest BCUT2D eigenvalue weighted by Crippen LogP contribution is 2.22. The van der Waals surface area contributed by atoms with E-state index in [1.807, 2.05) is 0 Å². The summed E-state index contributed by atoms with van der Waals surface area (Å²) in [4.78, 5) is 2.41. The van der Waals surface area contributed by atoms with Crippen molar-refractivity contribution in [2.45, 2.75) is 25.8 Å². The lowest BCUT2D eigenvalue weighted by atomic mass is 9.93.